The van der Waals surface area contributed by atoms with Gasteiger partial charge in [-0.2, -0.15) is 11.8 Å². The van der Waals surface area contributed by atoms with Crippen molar-refractivity contribution in [2.24, 2.45) is 0 Å². The van der Waals surface area contributed by atoms with Crippen LogP contribution in [0.3, 0.4) is 0 Å². The second-order valence-corrected chi connectivity index (χ2v) is 6.50. The smallest absolute Gasteiger partial charge is 0.150 e. The Labute approximate surface area is 113 Å². The molecule has 1 fully saturated rings. The fraction of sp³-hybridized carbons (Fsp3) is 0.462. The summed E-state index contributed by atoms with van der Waals surface area (Å²) in [7, 11) is 0. The fourth-order valence-electron chi connectivity index (χ4n) is 2.02. The van der Waals surface area contributed by atoms with Crippen molar-refractivity contribution in [3.8, 4) is 0 Å². The maximum absolute atomic E-state index is 13.2. The van der Waals surface area contributed by atoms with Crippen LogP contribution in [-0.4, -0.2) is 16.8 Å². The molecule has 1 nitrogen and oxygen atoms in total. The molecule has 1 unspecified atom stereocenters. The van der Waals surface area contributed by atoms with Crippen LogP contribution in [0.25, 0.3) is 0 Å². The van der Waals surface area contributed by atoms with Crippen molar-refractivity contribution in [1.29, 1.82) is 0 Å². The van der Waals surface area contributed by atoms with Gasteiger partial charge >= 0.3 is 0 Å². The van der Waals surface area contributed by atoms with Crippen molar-refractivity contribution in [1.82, 2.24) is 0 Å². The molecule has 0 aromatic heterocycles. The lowest BCUT2D eigenvalue weighted by Gasteiger charge is -2.19. The summed E-state index contributed by atoms with van der Waals surface area (Å²) < 4.78 is 13.9. The second kappa shape index (κ2) is 6.01. The summed E-state index contributed by atoms with van der Waals surface area (Å²) in [5.41, 5.74) is 0.757. The van der Waals surface area contributed by atoms with Crippen LogP contribution in [-0.2, 0) is 11.2 Å². The van der Waals surface area contributed by atoms with E-state index in [0.717, 1.165) is 24.2 Å². The molecule has 0 radical (unpaired) electrons. The first-order valence-corrected chi connectivity index (χ1v) is 7.58. The minimum absolute atomic E-state index is 0.116. The zero-order valence-electron chi connectivity index (χ0n) is 9.42. The van der Waals surface area contributed by atoms with E-state index in [-0.39, 0.29) is 16.9 Å². The van der Waals surface area contributed by atoms with Crippen LogP contribution in [0.15, 0.2) is 22.7 Å². The monoisotopic (exact) mass is 316 g/mol. The number of Topliss-reactive ketones (excluding diaryl/α,β-unsaturated/α-hetero) is 1. The zero-order chi connectivity index (χ0) is 12.3. The standard InChI is InChI=1S/C13H14BrFOS/c14-10-5-9(6-11(15)8-10)7-12(16)13-3-1-2-4-17-13/h5-6,8,13H,1-4,7H2. The van der Waals surface area contributed by atoms with Crippen LogP contribution in [0.4, 0.5) is 4.39 Å². The summed E-state index contributed by atoms with van der Waals surface area (Å²) in [4.78, 5) is 12.0. The van der Waals surface area contributed by atoms with E-state index in [1.807, 2.05) is 6.07 Å². The lowest BCUT2D eigenvalue weighted by Crippen LogP contribution is -2.22. The summed E-state index contributed by atoms with van der Waals surface area (Å²) >= 11 is 4.99. The predicted octanol–water partition coefficient (Wildman–Crippen LogP) is 3.99. The molecule has 92 valence electrons. The van der Waals surface area contributed by atoms with Crippen molar-refractivity contribution in [2.75, 3.05) is 5.75 Å². The fourth-order valence-corrected chi connectivity index (χ4v) is 3.79. The summed E-state index contributed by atoms with van der Waals surface area (Å²) in [6, 6.07) is 4.66. The van der Waals surface area contributed by atoms with Crippen LogP contribution in [0.1, 0.15) is 24.8 Å². The highest BCUT2D eigenvalue weighted by atomic mass is 79.9. The first-order chi connectivity index (χ1) is 8.15. The Hall–Kier alpha value is -0.350. The van der Waals surface area contributed by atoms with Crippen molar-refractivity contribution < 1.29 is 9.18 Å². The molecule has 0 bridgehead atoms. The molecule has 1 aromatic carbocycles. The lowest BCUT2D eigenvalue weighted by molar-refractivity contribution is -0.118. The molecule has 0 aliphatic carbocycles. The average molecular weight is 317 g/mol. The van der Waals surface area contributed by atoms with Gasteiger partial charge in [-0.1, -0.05) is 22.4 Å². The van der Waals surface area contributed by atoms with Gasteiger partial charge in [0.05, 0.1) is 5.25 Å². The quantitative estimate of drug-likeness (QED) is 0.839. The van der Waals surface area contributed by atoms with Crippen LogP contribution in [0, 0.1) is 5.82 Å². The first kappa shape index (κ1) is 13.1. The molecule has 1 saturated heterocycles. The highest BCUT2D eigenvalue weighted by Crippen LogP contribution is 2.27. The number of rotatable bonds is 3. The van der Waals surface area contributed by atoms with E-state index in [4.69, 9.17) is 0 Å². The van der Waals surface area contributed by atoms with Gasteiger partial charge in [-0.25, -0.2) is 4.39 Å². The molecule has 1 atom stereocenters. The van der Waals surface area contributed by atoms with Crippen molar-refractivity contribution in [3.05, 3.63) is 34.1 Å². The largest absolute Gasteiger partial charge is 0.298 e. The Kier molecular flexibility index (Phi) is 4.62. The number of hydrogen-bond donors (Lipinski definition) is 0. The molecule has 0 N–H and O–H groups in total. The Morgan fingerprint density at radius 3 is 2.88 bits per heavy atom. The van der Waals surface area contributed by atoms with Gasteiger partial charge in [-0.05, 0) is 42.4 Å². The van der Waals surface area contributed by atoms with Crippen LogP contribution >= 0.6 is 27.7 Å². The minimum Gasteiger partial charge on any atom is -0.298 e. The normalized spacial score (nSPS) is 20.2. The number of carbonyl (C=O) groups excluding carboxylic acids is 1. The van der Waals surface area contributed by atoms with Crippen molar-refractivity contribution in [3.63, 3.8) is 0 Å². The Bertz CT molecular complexity index is 396. The molecule has 1 aromatic rings. The Morgan fingerprint density at radius 1 is 1.41 bits per heavy atom. The van der Waals surface area contributed by atoms with Crippen LogP contribution < -0.4 is 0 Å². The Balaban J connectivity index is 2.01. The van der Waals surface area contributed by atoms with Crippen molar-refractivity contribution >= 4 is 33.5 Å². The van der Waals surface area contributed by atoms with Crippen molar-refractivity contribution in [2.45, 2.75) is 30.9 Å². The maximum atomic E-state index is 13.2. The van der Waals surface area contributed by atoms with E-state index in [1.165, 1.54) is 18.6 Å². The number of ketones is 1. The SMILES string of the molecule is O=C(Cc1cc(F)cc(Br)c1)C1CCCCS1. The maximum Gasteiger partial charge on any atom is 0.150 e. The van der Waals surface area contributed by atoms with Gasteiger partial charge in [0, 0.05) is 10.9 Å². The highest BCUT2D eigenvalue weighted by molar-refractivity contribution is 9.10. The number of carbonyl (C=O) groups is 1. The van der Waals surface area contributed by atoms with E-state index in [9.17, 15) is 9.18 Å². The molecular formula is C13H14BrFOS. The highest BCUT2D eigenvalue weighted by Gasteiger charge is 2.21. The van der Waals surface area contributed by atoms with Crippen LogP contribution in [0.2, 0.25) is 0 Å². The van der Waals surface area contributed by atoms with E-state index < -0.39 is 0 Å². The van der Waals surface area contributed by atoms with Crippen LogP contribution in [0.5, 0.6) is 0 Å². The van der Waals surface area contributed by atoms with E-state index in [0.29, 0.717) is 10.9 Å². The van der Waals surface area contributed by atoms with Gasteiger partial charge in [0.1, 0.15) is 11.6 Å². The van der Waals surface area contributed by atoms with E-state index >= 15 is 0 Å². The molecule has 0 amide bonds. The molecule has 0 saturated carbocycles. The summed E-state index contributed by atoms with van der Waals surface area (Å²) in [6.07, 6.45) is 3.66. The van der Waals surface area contributed by atoms with Gasteiger partial charge < -0.3 is 0 Å². The molecule has 1 aliphatic rings. The van der Waals surface area contributed by atoms with Gasteiger partial charge in [0.2, 0.25) is 0 Å². The topological polar surface area (TPSA) is 17.1 Å². The predicted molar refractivity (Wildman–Crippen MR) is 72.9 cm³/mol. The molecule has 1 aliphatic heterocycles. The first-order valence-electron chi connectivity index (χ1n) is 5.74. The molecule has 4 heteroatoms. The number of thioether (sulfide) groups is 1. The third-order valence-electron chi connectivity index (χ3n) is 2.84. The summed E-state index contributed by atoms with van der Waals surface area (Å²) in [5.74, 6) is 1.01. The molecule has 17 heavy (non-hydrogen) atoms. The second-order valence-electron chi connectivity index (χ2n) is 4.28. The third-order valence-corrected chi connectivity index (χ3v) is 4.72. The van der Waals surface area contributed by atoms with Gasteiger partial charge in [0.15, 0.2) is 0 Å². The third kappa shape index (κ3) is 3.81. The number of benzene rings is 1. The van der Waals surface area contributed by atoms with Gasteiger partial charge in [-0.3, -0.25) is 4.79 Å². The van der Waals surface area contributed by atoms with Gasteiger partial charge in [0.25, 0.3) is 0 Å². The lowest BCUT2D eigenvalue weighted by atomic mass is 10.0. The van der Waals surface area contributed by atoms with Gasteiger partial charge in [-0.15, -0.1) is 0 Å². The van der Waals surface area contributed by atoms with E-state index in [2.05, 4.69) is 15.9 Å². The summed E-state index contributed by atoms with van der Waals surface area (Å²) in [6.45, 7) is 0. The zero-order valence-corrected chi connectivity index (χ0v) is 11.8. The minimum atomic E-state index is -0.293. The number of halogens is 2. The molecule has 1 heterocycles. The molecule has 0 spiro atoms. The van der Waals surface area contributed by atoms with E-state index in [1.54, 1.807) is 11.8 Å². The molecular weight excluding hydrogens is 303 g/mol. The number of hydrogen-bond acceptors (Lipinski definition) is 2. The summed E-state index contributed by atoms with van der Waals surface area (Å²) in [5, 5.41) is 0.116. The average Bonchev–Trinajstić information content (AvgIpc) is 2.28. The Morgan fingerprint density at radius 2 is 2.24 bits per heavy atom. The molecule has 2 rings (SSSR count).